The van der Waals surface area contributed by atoms with Crippen LogP contribution in [0.4, 0.5) is 13.2 Å². The van der Waals surface area contributed by atoms with Gasteiger partial charge in [0.05, 0.1) is 11.0 Å². The van der Waals surface area contributed by atoms with Crippen LogP contribution in [-0.2, 0) is 9.59 Å². The monoisotopic (exact) mass is 458 g/mol. The number of hydrogen-bond acceptors (Lipinski definition) is 4. The third-order valence-corrected chi connectivity index (χ3v) is 5.23. The highest BCUT2D eigenvalue weighted by Gasteiger charge is 2.38. The largest absolute Gasteiger partial charge is 0.490 e. The zero-order chi connectivity index (χ0) is 24.1. The van der Waals surface area contributed by atoms with Crippen molar-refractivity contribution in [2.45, 2.75) is 51.9 Å². The standard InChI is InChI=1S/C19H28N4O2.C2HF3O2/c1-13(2)18(24)20-14(3)12-22-10-8-15(9-11-22)23-17-7-5-4-6-16(17)21-19(23)25;3-2(4,5)1(6)7/h4-7,13-15H,8-12H2,1-3H3,(H,20,24)(H,21,25);(H,6,7)/t14-;/m0./s1. The molecule has 0 saturated carbocycles. The van der Waals surface area contributed by atoms with Crippen LogP contribution in [0.5, 0.6) is 0 Å². The van der Waals surface area contributed by atoms with Gasteiger partial charge >= 0.3 is 17.8 Å². The molecule has 8 nitrogen and oxygen atoms in total. The van der Waals surface area contributed by atoms with Gasteiger partial charge < -0.3 is 20.3 Å². The Morgan fingerprint density at radius 2 is 1.75 bits per heavy atom. The number of fused-ring (bicyclic) bond motifs is 1. The van der Waals surface area contributed by atoms with E-state index in [0.717, 1.165) is 43.5 Å². The van der Waals surface area contributed by atoms with Gasteiger partial charge in [0.25, 0.3) is 0 Å². The van der Waals surface area contributed by atoms with E-state index in [9.17, 15) is 22.8 Å². The van der Waals surface area contributed by atoms with Crippen molar-refractivity contribution in [3.63, 3.8) is 0 Å². The molecule has 11 heteroatoms. The molecule has 1 aromatic heterocycles. The highest BCUT2D eigenvalue weighted by molar-refractivity contribution is 5.78. The number of para-hydroxylation sites is 2. The van der Waals surface area contributed by atoms with E-state index >= 15 is 0 Å². The van der Waals surface area contributed by atoms with E-state index in [1.807, 2.05) is 42.7 Å². The minimum Gasteiger partial charge on any atom is -0.475 e. The fourth-order valence-electron chi connectivity index (χ4n) is 3.64. The number of carbonyl (C=O) groups excluding carboxylic acids is 1. The number of likely N-dealkylation sites (tertiary alicyclic amines) is 1. The normalized spacial score (nSPS) is 16.5. The lowest BCUT2D eigenvalue weighted by molar-refractivity contribution is -0.192. The zero-order valence-electron chi connectivity index (χ0n) is 18.3. The quantitative estimate of drug-likeness (QED) is 0.639. The summed E-state index contributed by atoms with van der Waals surface area (Å²) in [4.78, 5) is 38.3. The number of amides is 1. The van der Waals surface area contributed by atoms with Gasteiger partial charge in [-0.05, 0) is 31.9 Å². The number of alkyl halides is 3. The summed E-state index contributed by atoms with van der Waals surface area (Å²) in [5.74, 6) is -2.64. The molecule has 2 heterocycles. The number of carboxylic acids is 1. The van der Waals surface area contributed by atoms with Gasteiger partial charge in [-0.2, -0.15) is 13.2 Å². The highest BCUT2D eigenvalue weighted by atomic mass is 19.4. The Balaban J connectivity index is 0.000000451. The van der Waals surface area contributed by atoms with Crippen LogP contribution < -0.4 is 11.0 Å². The Bertz CT molecular complexity index is 975. The number of nitrogens with zero attached hydrogens (tertiary/aromatic N) is 2. The number of aliphatic carboxylic acids is 1. The van der Waals surface area contributed by atoms with E-state index in [2.05, 4.69) is 22.1 Å². The lowest BCUT2D eigenvalue weighted by atomic mass is 10.0. The molecule has 3 N–H and O–H groups in total. The highest BCUT2D eigenvalue weighted by Crippen LogP contribution is 2.24. The molecular weight excluding hydrogens is 429 g/mol. The van der Waals surface area contributed by atoms with Crippen LogP contribution in [0.3, 0.4) is 0 Å². The van der Waals surface area contributed by atoms with Crippen molar-refractivity contribution < 1.29 is 27.9 Å². The number of aromatic nitrogens is 2. The predicted octanol–water partition coefficient (Wildman–Crippen LogP) is 2.76. The van der Waals surface area contributed by atoms with Crippen LogP contribution in [-0.4, -0.2) is 63.3 Å². The van der Waals surface area contributed by atoms with E-state index < -0.39 is 12.1 Å². The summed E-state index contributed by atoms with van der Waals surface area (Å²) in [6.07, 6.45) is -3.18. The molecule has 1 amide bonds. The molecule has 0 bridgehead atoms. The topological polar surface area (TPSA) is 107 Å². The summed E-state index contributed by atoms with van der Waals surface area (Å²) >= 11 is 0. The van der Waals surface area contributed by atoms with Crippen LogP contribution >= 0.6 is 0 Å². The van der Waals surface area contributed by atoms with Crippen molar-refractivity contribution in [2.75, 3.05) is 19.6 Å². The van der Waals surface area contributed by atoms with E-state index in [1.165, 1.54) is 0 Å². The molecule has 1 aromatic carbocycles. The SMILES string of the molecule is CC(C)C(=O)N[C@@H](C)CN1CCC(n2c(=O)[nH]c3ccccc32)CC1.O=C(O)C(F)(F)F. The van der Waals surface area contributed by atoms with Gasteiger partial charge in [0.2, 0.25) is 5.91 Å². The van der Waals surface area contributed by atoms with Gasteiger partial charge in [-0.15, -0.1) is 0 Å². The number of nitrogens with one attached hydrogen (secondary N) is 2. The minimum atomic E-state index is -5.08. The number of imidazole rings is 1. The van der Waals surface area contributed by atoms with E-state index in [1.54, 1.807) is 0 Å². The Hall–Kier alpha value is -2.82. The fraction of sp³-hybridized carbons (Fsp3) is 0.571. The smallest absolute Gasteiger partial charge is 0.475 e. The van der Waals surface area contributed by atoms with E-state index in [0.29, 0.717) is 0 Å². The molecule has 1 saturated heterocycles. The Morgan fingerprint density at radius 1 is 1.19 bits per heavy atom. The molecule has 178 valence electrons. The molecular formula is C21H29F3N4O4. The van der Waals surface area contributed by atoms with Crippen molar-refractivity contribution in [3.8, 4) is 0 Å². The lowest BCUT2D eigenvalue weighted by Gasteiger charge is -2.34. The predicted molar refractivity (Wildman–Crippen MR) is 113 cm³/mol. The molecule has 1 fully saturated rings. The number of aromatic amines is 1. The number of rotatable bonds is 5. The first-order valence-electron chi connectivity index (χ1n) is 10.4. The maximum atomic E-state index is 12.3. The third kappa shape index (κ3) is 6.84. The molecule has 32 heavy (non-hydrogen) atoms. The van der Waals surface area contributed by atoms with Crippen LogP contribution in [0.15, 0.2) is 29.1 Å². The molecule has 0 aliphatic carbocycles. The van der Waals surface area contributed by atoms with Crippen LogP contribution in [0.25, 0.3) is 11.0 Å². The third-order valence-electron chi connectivity index (χ3n) is 5.23. The molecule has 2 aromatic rings. The number of hydrogen-bond donors (Lipinski definition) is 3. The first-order valence-corrected chi connectivity index (χ1v) is 10.4. The van der Waals surface area contributed by atoms with Gasteiger partial charge in [0, 0.05) is 37.6 Å². The zero-order valence-corrected chi connectivity index (χ0v) is 18.3. The Kier molecular flexibility index (Phi) is 8.48. The minimum absolute atomic E-state index is 0.0157. The first-order chi connectivity index (χ1) is 14.9. The molecule has 0 radical (unpaired) electrons. The summed E-state index contributed by atoms with van der Waals surface area (Å²) in [5.41, 5.74) is 1.88. The van der Waals surface area contributed by atoms with Gasteiger partial charge in [-0.25, -0.2) is 9.59 Å². The number of carbonyl (C=O) groups is 2. The molecule has 0 unspecified atom stereocenters. The summed E-state index contributed by atoms with van der Waals surface area (Å²) < 4.78 is 33.6. The number of benzene rings is 1. The lowest BCUT2D eigenvalue weighted by Crippen LogP contribution is -2.46. The molecule has 1 aliphatic heterocycles. The summed E-state index contributed by atoms with van der Waals surface area (Å²) in [7, 11) is 0. The summed E-state index contributed by atoms with van der Waals surface area (Å²) in [6, 6.07) is 8.24. The average molecular weight is 458 g/mol. The first kappa shape index (κ1) is 25.4. The second-order valence-corrected chi connectivity index (χ2v) is 8.22. The maximum Gasteiger partial charge on any atom is 0.490 e. The van der Waals surface area contributed by atoms with E-state index in [4.69, 9.17) is 9.90 Å². The van der Waals surface area contributed by atoms with Gasteiger partial charge in [0.15, 0.2) is 0 Å². The molecule has 1 atom stereocenters. The van der Waals surface area contributed by atoms with Crippen LogP contribution in [0, 0.1) is 5.92 Å². The van der Waals surface area contributed by atoms with Crippen molar-refractivity contribution >= 4 is 22.9 Å². The second kappa shape index (κ2) is 10.7. The number of piperidine rings is 1. The van der Waals surface area contributed by atoms with Gasteiger partial charge in [-0.3, -0.25) is 9.36 Å². The molecule has 0 spiro atoms. The number of halogens is 3. The van der Waals surface area contributed by atoms with Crippen molar-refractivity contribution in [1.29, 1.82) is 0 Å². The molecule has 3 rings (SSSR count). The van der Waals surface area contributed by atoms with Gasteiger partial charge in [0.1, 0.15) is 0 Å². The number of carboxylic acid groups (broad SMARTS) is 1. The van der Waals surface area contributed by atoms with Gasteiger partial charge in [-0.1, -0.05) is 26.0 Å². The fourth-order valence-corrected chi connectivity index (χ4v) is 3.64. The Morgan fingerprint density at radius 3 is 2.28 bits per heavy atom. The van der Waals surface area contributed by atoms with Crippen LogP contribution in [0.2, 0.25) is 0 Å². The summed E-state index contributed by atoms with van der Waals surface area (Å²) in [6.45, 7) is 8.61. The van der Waals surface area contributed by atoms with Crippen molar-refractivity contribution in [1.82, 2.24) is 19.8 Å². The molecule has 1 aliphatic rings. The van der Waals surface area contributed by atoms with Crippen molar-refractivity contribution in [3.05, 3.63) is 34.7 Å². The maximum absolute atomic E-state index is 12.3. The second-order valence-electron chi connectivity index (χ2n) is 8.22. The average Bonchev–Trinajstić information content (AvgIpc) is 3.04. The van der Waals surface area contributed by atoms with E-state index in [-0.39, 0.29) is 29.6 Å². The Labute approximate surface area is 183 Å². The van der Waals surface area contributed by atoms with Crippen LogP contribution in [0.1, 0.15) is 39.7 Å². The van der Waals surface area contributed by atoms with Crippen molar-refractivity contribution in [2.24, 2.45) is 5.92 Å². The summed E-state index contributed by atoms with van der Waals surface area (Å²) in [5, 5.41) is 10.2. The number of H-pyrrole nitrogens is 1.